The van der Waals surface area contributed by atoms with Crippen LogP contribution in [0.2, 0.25) is 0 Å². The Balaban J connectivity index is 1.36. The Bertz CT molecular complexity index is 1260. The second-order valence-electron chi connectivity index (χ2n) is 10.6. The lowest BCUT2D eigenvalue weighted by Crippen LogP contribution is -2.46. The molecule has 0 saturated carbocycles. The molecule has 4 heterocycles. The Labute approximate surface area is 235 Å². The summed E-state index contributed by atoms with van der Waals surface area (Å²) in [7, 11) is 1.77. The van der Waals surface area contributed by atoms with E-state index < -0.39 is 4.92 Å². The number of ether oxygens (including phenoxy) is 1. The third-order valence-corrected chi connectivity index (χ3v) is 8.59. The van der Waals surface area contributed by atoms with Gasteiger partial charge in [-0.2, -0.15) is 0 Å². The van der Waals surface area contributed by atoms with E-state index in [1.54, 1.807) is 35.2 Å². The Morgan fingerprint density at radius 1 is 1.13 bits per heavy atom. The van der Waals surface area contributed by atoms with E-state index in [2.05, 4.69) is 31.5 Å². The van der Waals surface area contributed by atoms with Gasteiger partial charge in [0, 0.05) is 68.8 Å². The molecule has 1 aromatic heterocycles. The third-order valence-electron chi connectivity index (χ3n) is 8.14. The zero-order valence-electron chi connectivity index (χ0n) is 22.0. The SMILES string of the molecule is CNc1cncc(C(=O)N2CCC[C@@H](Nc3c(C(=O)N4CCC5(CCOC5)CC4)cc(Br)cc3[N+](=O)[O-])C2)c1. The van der Waals surface area contributed by atoms with Crippen molar-refractivity contribution in [2.75, 3.05) is 57.1 Å². The Morgan fingerprint density at radius 2 is 1.92 bits per heavy atom. The lowest BCUT2D eigenvalue weighted by molar-refractivity contribution is -0.384. The summed E-state index contributed by atoms with van der Waals surface area (Å²) in [5.41, 5.74) is 1.66. The lowest BCUT2D eigenvalue weighted by atomic mass is 9.78. The number of anilines is 2. The van der Waals surface area contributed by atoms with Crippen molar-refractivity contribution >= 4 is 44.8 Å². The molecular weight excluding hydrogens is 568 g/mol. The normalized spacial score (nSPS) is 20.6. The van der Waals surface area contributed by atoms with Gasteiger partial charge in [-0.15, -0.1) is 0 Å². The standard InChI is InChI=1S/C27H33BrN6O5/c1-29-21-11-18(14-30-15-21)25(35)33-7-2-3-20(16-33)31-24-22(12-19(28)13-23(24)34(37)38)26(36)32-8-4-27(5-9-32)6-10-39-17-27/h11-15,20,29,31H,2-10,16-17H2,1H3/t20-/m1/s1. The number of nitro groups is 1. The molecule has 3 aliphatic heterocycles. The number of benzene rings is 1. The molecule has 2 N–H and O–H groups in total. The first-order valence-electron chi connectivity index (χ1n) is 13.3. The molecule has 3 fully saturated rings. The number of pyridine rings is 1. The molecule has 0 bridgehead atoms. The summed E-state index contributed by atoms with van der Waals surface area (Å²) in [5, 5.41) is 18.4. The van der Waals surface area contributed by atoms with E-state index in [0.717, 1.165) is 44.6 Å². The minimum absolute atomic E-state index is 0.140. The van der Waals surface area contributed by atoms with Crippen LogP contribution in [-0.4, -0.2) is 84.0 Å². The number of nitrogens with zero attached hydrogens (tertiary/aromatic N) is 4. The molecule has 3 aliphatic rings. The molecule has 39 heavy (non-hydrogen) atoms. The first kappa shape index (κ1) is 27.3. The molecule has 0 unspecified atom stereocenters. The summed E-state index contributed by atoms with van der Waals surface area (Å²) in [6.07, 6.45) is 7.36. The van der Waals surface area contributed by atoms with Crippen molar-refractivity contribution in [2.24, 2.45) is 5.41 Å². The topological polar surface area (TPSA) is 130 Å². The fourth-order valence-corrected chi connectivity index (χ4v) is 6.26. The van der Waals surface area contributed by atoms with Gasteiger partial charge < -0.3 is 25.2 Å². The number of piperidine rings is 2. The van der Waals surface area contributed by atoms with Crippen molar-refractivity contribution in [1.82, 2.24) is 14.8 Å². The first-order chi connectivity index (χ1) is 18.8. The number of amides is 2. The van der Waals surface area contributed by atoms with E-state index in [0.29, 0.717) is 42.6 Å². The minimum atomic E-state index is -0.467. The van der Waals surface area contributed by atoms with Crippen LogP contribution >= 0.6 is 15.9 Å². The van der Waals surface area contributed by atoms with Crippen molar-refractivity contribution in [3.05, 3.63) is 56.3 Å². The monoisotopic (exact) mass is 600 g/mol. The number of halogens is 1. The van der Waals surface area contributed by atoms with E-state index in [-0.39, 0.29) is 40.2 Å². The number of aromatic nitrogens is 1. The van der Waals surface area contributed by atoms with Crippen LogP contribution in [0.3, 0.4) is 0 Å². The quantitative estimate of drug-likeness (QED) is 0.373. The lowest BCUT2D eigenvalue weighted by Gasteiger charge is -2.38. The smallest absolute Gasteiger partial charge is 0.294 e. The summed E-state index contributed by atoms with van der Waals surface area (Å²) in [5.74, 6) is -0.375. The van der Waals surface area contributed by atoms with Crippen LogP contribution in [0.1, 0.15) is 52.8 Å². The number of carbonyl (C=O) groups is 2. The van der Waals surface area contributed by atoms with Crippen molar-refractivity contribution < 1.29 is 19.2 Å². The Hall–Kier alpha value is -3.25. The maximum atomic E-state index is 13.7. The van der Waals surface area contributed by atoms with Gasteiger partial charge >= 0.3 is 0 Å². The van der Waals surface area contributed by atoms with Crippen LogP contribution in [-0.2, 0) is 4.74 Å². The van der Waals surface area contributed by atoms with Gasteiger partial charge in [-0.05, 0) is 49.7 Å². The second-order valence-corrected chi connectivity index (χ2v) is 11.6. The molecule has 0 radical (unpaired) electrons. The van der Waals surface area contributed by atoms with Gasteiger partial charge in [-0.1, -0.05) is 15.9 Å². The van der Waals surface area contributed by atoms with Crippen LogP contribution < -0.4 is 10.6 Å². The van der Waals surface area contributed by atoms with Crippen LogP contribution in [0.5, 0.6) is 0 Å². The molecular formula is C27H33BrN6O5. The molecule has 1 spiro atoms. The van der Waals surface area contributed by atoms with Crippen LogP contribution in [0.15, 0.2) is 35.1 Å². The second kappa shape index (κ2) is 11.5. The van der Waals surface area contributed by atoms with Crippen LogP contribution in [0.4, 0.5) is 17.1 Å². The highest BCUT2D eigenvalue weighted by atomic mass is 79.9. The zero-order chi connectivity index (χ0) is 27.6. The largest absolute Gasteiger partial charge is 0.387 e. The number of rotatable bonds is 6. The summed E-state index contributed by atoms with van der Waals surface area (Å²) < 4.78 is 6.09. The van der Waals surface area contributed by atoms with Gasteiger partial charge in [0.05, 0.1) is 28.3 Å². The number of hydrogen-bond acceptors (Lipinski definition) is 8. The average molecular weight is 602 g/mol. The zero-order valence-corrected chi connectivity index (χ0v) is 23.5. The first-order valence-corrected chi connectivity index (χ1v) is 14.1. The Morgan fingerprint density at radius 3 is 2.62 bits per heavy atom. The number of nitrogens with one attached hydrogen (secondary N) is 2. The van der Waals surface area contributed by atoms with Crippen LogP contribution in [0, 0.1) is 15.5 Å². The molecule has 12 heteroatoms. The molecule has 1 atom stereocenters. The van der Waals surface area contributed by atoms with Gasteiger partial charge in [0.25, 0.3) is 17.5 Å². The van der Waals surface area contributed by atoms with E-state index in [9.17, 15) is 19.7 Å². The molecule has 5 rings (SSSR count). The van der Waals surface area contributed by atoms with Gasteiger partial charge in [-0.3, -0.25) is 24.7 Å². The van der Waals surface area contributed by atoms with E-state index in [4.69, 9.17) is 4.74 Å². The molecule has 3 saturated heterocycles. The maximum Gasteiger partial charge on any atom is 0.294 e. The highest BCUT2D eigenvalue weighted by Crippen LogP contribution is 2.40. The molecule has 208 valence electrons. The summed E-state index contributed by atoms with van der Waals surface area (Å²) in [6.45, 7) is 3.61. The number of nitro benzene ring substituents is 1. The number of likely N-dealkylation sites (tertiary alicyclic amines) is 2. The van der Waals surface area contributed by atoms with Crippen molar-refractivity contribution in [2.45, 2.75) is 38.1 Å². The summed E-state index contributed by atoms with van der Waals surface area (Å²) in [4.78, 5) is 46.2. The number of carbonyl (C=O) groups excluding carboxylic acids is 2. The van der Waals surface area contributed by atoms with Crippen molar-refractivity contribution in [3.8, 4) is 0 Å². The summed E-state index contributed by atoms with van der Waals surface area (Å²) >= 11 is 3.36. The number of hydrogen-bond donors (Lipinski definition) is 2. The molecule has 11 nitrogen and oxygen atoms in total. The highest BCUT2D eigenvalue weighted by Gasteiger charge is 2.40. The van der Waals surface area contributed by atoms with Gasteiger partial charge in [0.1, 0.15) is 5.69 Å². The van der Waals surface area contributed by atoms with E-state index in [1.807, 2.05) is 0 Å². The predicted molar refractivity (Wildman–Crippen MR) is 150 cm³/mol. The minimum Gasteiger partial charge on any atom is -0.387 e. The molecule has 2 aromatic rings. The van der Waals surface area contributed by atoms with Gasteiger partial charge in [0.15, 0.2) is 0 Å². The third kappa shape index (κ3) is 5.86. The van der Waals surface area contributed by atoms with Crippen molar-refractivity contribution in [3.63, 3.8) is 0 Å². The average Bonchev–Trinajstić information content (AvgIpc) is 3.41. The molecule has 1 aromatic carbocycles. The molecule has 2 amide bonds. The van der Waals surface area contributed by atoms with Gasteiger partial charge in [0.2, 0.25) is 0 Å². The van der Waals surface area contributed by atoms with Crippen LogP contribution in [0.25, 0.3) is 0 Å². The van der Waals surface area contributed by atoms with E-state index >= 15 is 0 Å². The maximum absolute atomic E-state index is 13.7. The highest BCUT2D eigenvalue weighted by molar-refractivity contribution is 9.10. The fraction of sp³-hybridized carbons (Fsp3) is 0.519. The fourth-order valence-electron chi connectivity index (χ4n) is 5.81. The van der Waals surface area contributed by atoms with Gasteiger partial charge in [-0.25, -0.2) is 0 Å². The molecule has 0 aliphatic carbocycles. The summed E-state index contributed by atoms with van der Waals surface area (Å²) in [6, 6.07) is 4.57. The van der Waals surface area contributed by atoms with Crippen molar-refractivity contribution in [1.29, 1.82) is 0 Å². The van der Waals surface area contributed by atoms with E-state index in [1.165, 1.54) is 12.3 Å². The Kier molecular flexibility index (Phi) is 8.03. The predicted octanol–water partition coefficient (Wildman–Crippen LogP) is 4.15.